The average Bonchev–Trinajstić information content (AvgIpc) is 2.84. The van der Waals surface area contributed by atoms with Crippen molar-refractivity contribution in [1.29, 1.82) is 0 Å². The Morgan fingerprint density at radius 1 is 0.972 bits per heavy atom. The van der Waals surface area contributed by atoms with E-state index in [9.17, 15) is 8.42 Å². The van der Waals surface area contributed by atoms with Crippen LogP contribution in [0.5, 0.6) is 11.6 Å². The minimum absolute atomic E-state index is 0.0342. The van der Waals surface area contributed by atoms with E-state index in [1.165, 1.54) is 12.1 Å². The second kappa shape index (κ2) is 11.6. The van der Waals surface area contributed by atoms with Gasteiger partial charge in [0.25, 0.3) is 15.9 Å². The minimum atomic E-state index is -4.01. The molecule has 1 aliphatic rings. The molecule has 11 heteroatoms. The van der Waals surface area contributed by atoms with Gasteiger partial charge in [0.2, 0.25) is 5.82 Å². The van der Waals surface area contributed by atoms with Gasteiger partial charge in [-0.25, -0.2) is 18.4 Å². The normalized spacial score (nSPS) is 13.4. The summed E-state index contributed by atoms with van der Waals surface area (Å²) in [6.07, 6.45) is 3.46. The zero-order valence-electron chi connectivity index (χ0n) is 20.1. The van der Waals surface area contributed by atoms with E-state index >= 15 is 0 Å². The molecule has 0 unspecified atom stereocenters. The van der Waals surface area contributed by atoms with Gasteiger partial charge in [0.15, 0.2) is 0 Å². The molecule has 1 aliphatic carbocycles. The predicted octanol–water partition coefficient (Wildman–Crippen LogP) is 4.98. The number of nitrogens with one attached hydrogen (secondary N) is 1. The molecule has 3 aromatic rings. The van der Waals surface area contributed by atoms with Crippen molar-refractivity contribution in [1.82, 2.24) is 14.9 Å². The lowest BCUT2D eigenvalue weighted by Crippen LogP contribution is -2.19. The molecule has 8 nitrogen and oxygen atoms in total. The first-order valence-electron chi connectivity index (χ1n) is 11.6. The first kappa shape index (κ1) is 26.5. The lowest BCUT2D eigenvalue weighted by Gasteiger charge is -2.19. The summed E-state index contributed by atoms with van der Waals surface area (Å²) in [5.74, 6) is 0.694. The van der Waals surface area contributed by atoms with Gasteiger partial charge >= 0.3 is 0 Å². The van der Waals surface area contributed by atoms with Crippen molar-refractivity contribution in [2.75, 3.05) is 32.0 Å². The molecular formula is C25H28Cl2N4O4S. The average molecular weight is 551 g/mol. The van der Waals surface area contributed by atoms with Gasteiger partial charge in [0, 0.05) is 6.54 Å². The number of fused-ring (bicyclic) bond motifs is 1. The van der Waals surface area contributed by atoms with Crippen LogP contribution in [-0.2, 0) is 29.5 Å². The fourth-order valence-corrected chi connectivity index (χ4v) is 5.42. The van der Waals surface area contributed by atoms with E-state index in [0.717, 1.165) is 49.2 Å². The Kier molecular flexibility index (Phi) is 8.56. The number of hydrogen-bond donors (Lipinski definition) is 1. The Labute approximate surface area is 221 Å². The summed E-state index contributed by atoms with van der Waals surface area (Å²) in [7, 11) is -0.0822. The molecular weight excluding hydrogens is 523 g/mol. The fraction of sp³-hybridized carbons (Fsp3) is 0.360. The first-order chi connectivity index (χ1) is 17.2. The second-order valence-electron chi connectivity index (χ2n) is 8.72. The predicted molar refractivity (Wildman–Crippen MR) is 141 cm³/mol. The van der Waals surface area contributed by atoms with Gasteiger partial charge in [0.05, 0.1) is 21.4 Å². The number of nitrogens with zero attached hydrogens (tertiary/aromatic N) is 3. The van der Waals surface area contributed by atoms with Gasteiger partial charge in [-0.2, -0.15) is 0 Å². The first-order valence-corrected chi connectivity index (χ1v) is 13.8. The number of halogens is 2. The smallest absolute Gasteiger partial charge is 0.264 e. The molecule has 0 saturated heterocycles. The van der Waals surface area contributed by atoms with Gasteiger partial charge < -0.3 is 14.4 Å². The van der Waals surface area contributed by atoms with Gasteiger partial charge in [-0.3, -0.25) is 4.72 Å². The standard InChI is InChI=1S/C25H28Cl2N4O4S/c1-31(2)13-14-34-22-15-17(11-12-18(22)26)16-35-25-24(28-20-8-4-5-9-21(20)29-25)30-36(32,33)23-10-6-3-7-19(23)27/h3,6-7,10-12,15H,4-5,8-9,13-14,16H2,1-2H3,(H,28,30). The van der Waals surface area contributed by atoms with Crippen LogP contribution in [-0.4, -0.2) is 50.5 Å². The molecule has 1 N–H and O–H groups in total. The number of likely N-dealkylation sites (N-methyl/N-ethyl adjacent to an activating group) is 1. The monoisotopic (exact) mass is 550 g/mol. The quantitative estimate of drug-likeness (QED) is 0.380. The number of rotatable bonds is 10. The van der Waals surface area contributed by atoms with Gasteiger partial charge in [-0.05, 0) is 69.6 Å². The molecule has 0 saturated carbocycles. The highest BCUT2D eigenvalue weighted by molar-refractivity contribution is 7.92. The molecule has 0 bridgehead atoms. The molecule has 1 aromatic heterocycles. The Morgan fingerprint density at radius 3 is 2.42 bits per heavy atom. The lowest BCUT2D eigenvalue weighted by molar-refractivity contribution is 0.259. The van der Waals surface area contributed by atoms with Gasteiger partial charge in [-0.15, -0.1) is 0 Å². The number of sulfonamides is 1. The maximum atomic E-state index is 13.1. The zero-order valence-corrected chi connectivity index (χ0v) is 22.5. The molecule has 0 aliphatic heterocycles. The molecule has 1 heterocycles. The molecule has 0 atom stereocenters. The zero-order chi connectivity index (χ0) is 25.7. The Bertz CT molecular complexity index is 1340. The number of hydrogen-bond acceptors (Lipinski definition) is 7. The van der Waals surface area contributed by atoms with Crippen LogP contribution in [0.4, 0.5) is 5.82 Å². The summed E-state index contributed by atoms with van der Waals surface area (Å²) in [5, 5.41) is 0.612. The highest BCUT2D eigenvalue weighted by Crippen LogP contribution is 2.31. The third-order valence-corrected chi connectivity index (χ3v) is 7.77. The van der Waals surface area contributed by atoms with E-state index in [0.29, 0.717) is 17.4 Å². The van der Waals surface area contributed by atoms with Crippen LogP contribution in [0.15, 0.2) is 47.4 Å². The van der Waals surface area contributed by atoms with E-state index in [1.807, 2.05) is 25.1 Å². The summed E-state index contributed by atoms with van der Waals surface area (Å²) in [6, 6.07) is 11.6. The van der Waals surface area contributed by atoms with Crippen LogP contribution in [0, 0.1) is 0 Å². The molecule has 192 valence electrons. The van der Waals surface area contributed by atoms with E-state index < -0.39 is 10.0 Å². The van der Waals surface area contributed by atoms with Crippen molar-refractivity contribution in [3.05, 3.63) is 69.5 Å². The molecule has 0 radical (unpaired) electrons. The summed E-state index contributed by atoms with van der Waals surface area (Å²) >= 11 is 12.4. The van der Waals surface area contributed by atoms with Crippen LogP contribution in [0.3, 0.4) is 0 Å². The van der Waals surface area contributed by atoms with Crippen LogP contribution < -0.4 is 14.2 Å². The highest BCUT2D eigenvalue weighted by atomic mass is 35.5. The largest absolute Gasteiger partial charge is 0.491 e. The number of ether oxygens (including phenoxy) is 2. The number of aromatic nitrogens is 2. The molecule has 36 heavy (non-hydrogen) atoms. The SMILES string of the molecule is CN(C)CCOc1cc(COc2nc3c(nc2NS(=O)(=O)c2ccccc2Cl)CCCC3)ccc1Cl. The van der Waals surface area contributed by atoms with Crippen molar-refractivity contribution >= 4 is 39.0 Å². The van der Waals surface area contributed by atoms with E-state index in [2.05, 4.69) is 14.7 Å². The Hall–Kier alpha value is -2.59. The van der Waals surface area contributed by atoms with Crippen molar-refractivity contribution < 1.29 is 17.9 Å². The summed E-state index contributed by atoms with van der Waals surface area (Å²) in [4.78, 5) is 11.2. The second-order valence-corrected chi connectivity index (χ2v) is 11.2. The maximum Gasteiger partial charge on any atom is 0.264 e. The van der Waals surface area contributed by atoms with Crippen molar-refractivity contribution in [2.24, 2.45) is 0 Å². The minimum Gasteiger partial charge on any atom is -0.491 e. The Balaban J connectivity index is 1.58. The fourth-order valence-electron chi connectivity index (χ4n) is 3.72. The van der Waals surface area contributed by atoms with E-state index in [1.54, 1.807) is 24.3 Å². The third-order valence-electron chi connectivity index (χ3n) is 5.62. The third kappa shape index (κ3) is 6.59. The topological polar surface area (TPSA) is 93.7 Å². The van der Waals surface area contributed by atoms with Crippen LogP contribution >= 0.6 is 23.2 Å². The molecule has 0 fully saturated rings. The van der Waals surface area contributed by atoms with Crippen molar-refractivity contribution in [3.63, 3.8) is 0 Å². The van der Waals surface area contributed by atoms with Gasteiger partial charge in [-0.1, -0.05) is 41.4 Å². The van der Waals surface area contributed by atoms with Crippen molar-refractivity contribution in [2.45, 2.75) is 37.2 Å². The number of anilines is 1. The summed E-state index contributed by atoms with van der Waals surface area (Å²) in [6.45, 7) is 1.35. The van der Waals surface area contributed by atoms with Gasteiger partial charge in [0.1, 0.15) is 23.9 Å². The van der Waals surface area contributed by atoms with Crippen molar-refractivity contribution in [3.8, 4) is 11.6 Å². The number of benzene rings is 2. The Morgan fingerprint density at radius 2 is 1.69 bits per heavy atom. The number of aryl methyl sites for hydroxylation is 2. The molecule has 2 aromatic carbocycles. The summed E-state index contributed by atoms with van der Waals surface area (Å²) < 4.78 is 40.5. The lowest BCUT2D eigenvalue weighted by atomic mass is 10.0. The molecule has 4 rings (SSSR count). The summed E-state index contributed by atoms with van der Waals surface area (Å²) in [5.41, 5.74) is 2.38. The van der Waals surface area contributed by atoms with E-state index in [-0.39, 0.29) is 28.2 Å². The van der Waals surface area contributed by atoms with Crippen LogP contribution in [0.25, 0.3) is 0 Å². The van der Waals surface area contributed by atoms with E-state index in [4.69, 9.17) is 32.7 Å². The molecule has 0 spiro atoms. The van der Waals surface area contributed by atoms with Crippen LogP contribution in [0.1, 0.15) is 29.8 Å². The van der Waals surface area contributed by atoms with Crippen LogP contribution in [0.2, 0.25) is 10.0 Å². The molecule has 0 amide bonds. The maximum absolute atomic E-state index is 13.1. The highest BCUT2D eigenvalue weighted by Gasteiger charge is 2.24.